The lowest BCUT2D eigenvalue weighted by Gasteiger charge is -2.18. The molecule has 0 spiro atoms. The average molecular weight is 264 g/mol. The summed E-state index contributed by atoms with van der Waals surface area (Å²) >= 11 is 0. The lowest BCUT2D eigenvalue weighted by atomic mass is 10.1. The molecule has 1 N–H and O–H groups in total. The second-order valence-corrected chi connectivity index (χ2v) is 3.89. The van der Waals surface area contributed by atoms with Crippen molar-refractivity contribution in [3.05, 3.63) is 23.8 Å². The Bertz CT molecular complexity index is 499. The summed E-state index contributed by atoms with van der Waals surface area (Å²) in [5.41, 5.74) is 3.82. The molecule has 1 aromatic rings. The summed E-state index contributed by atoms with van der Waals surface area (Å²) in [6.45, 7) is 4.93. The molecular formula is C13H16N2O4. The maximum atomic E-state index is 11.1. The van der Waals surface area contributed by atoms with Crippen molar-refractivity contribution in [3.8, 4) is 11.5 Å². The molecule has 102 valence electrons. The SMILES string of the molecule is CCOC(=O)N/N=C(\C)c1ccc2c(c1)OCCO2. The van der Waals surface area contributed by atoms with E-state index < -0.39 is 6.09 Å². The summed E-state index contributed by atoms with van der Waals surface area (Å²) in [4.78, 5) is 11.1. The summed E-state index contributed by atoms with van der Waals surface area (Å²) in [7, 11) is 0. The quantitative estimate of drug-likeness (QED) is 0.669. The Balaban J connectivity index is 2.08. The third-order valence-electron chi connectivity index (χ3n) is 2.55. The predicted molar refractivity (Wildman–Crippen MR) is 69.8 cm³/mol. The molecule has 0 bridgehead atoms. The number of benzene rings is 1. The molecule has 19 heavy (non-hydrogen) atoms. The monoisotopic (exact) mass is 264 g/mol. The van der Waals surface area contributed by atoms with Gasteiger partial charge in [0.15, 0.2) is 11.5 Å². The van der Waals surface area contributed by atoms with Gasteiger partial charge in [0.25, 0.3) is 0 Å². The number of nitrogens with one attached hydrogen (secondary N) is 1. The Kier molecular flexibility index (Phi) is 4.22. The summed E-state index contributed by atoms with van der Waals surface area (Å²) in [5.74, 6) is 1.41. The lowest BCUT2D eigenvalue weighted by Crippen LogP contribution is -2.20. The number of hydrogen-bond acceptors (Lipinski definition) is 5. The summed E-state index contributed by atoms with van der Waals surface area (Å²) in [6.07, 6.45) is -0.570. The predicted octanol–water partition coefficient (Wildman–Crippen LogP) is 1.93. The first-order valence-electron chi connectivity index (χ1n) is 6.07. The van der Waals surface area contributed by atoms with Crippen LogP contribution >= 0.6 is 0 Å². The van der Waals surface area contributed by atoms with E-state index in [1.165, 1.54) is 0 Å². The van der Waals surface area contributed by atoms with Crippen LogP contribution in [0.4, 0.5) is 4.79 Å². The molecule has 6 nitrogen and oxygen atoms in total. The van der Waals surface area contributed by atoms with Crippen LogP contribution in [0.3, 0.4) is 0 Å². The number of hydrogen-bond donors (Lipinski definition) is 1. The Morgan fingerprint density at radius 2 is 2.11 bits per heavy atom. The number of carbonyl (C=O) groups excluding carboxylic acids is 1. The van der Waals surface area contributed by atoms with Crippen molar-refractivity contribution in [1.29, 1.82) is 0 Å². The number of rotatable bonds is 3. The van der Waals surface area contributed by atoms with Crippen molar-refractivity contribution in [2.24, 2.45) is 5.10 Å². The molecular weight excluding hydrogens is 248 g/mol. The standard InChI is InChI=1S/C13H16N2O4/c1-3-17-13(16)15-14-9(2)10-4-5-11-12(8-10)19-7-6-18-11/h4-5,8H,3,6-7H2,1-2H3,(H,15,16)/b14-9+. The molecule has 0 aliphatic carbocycles. The Labute approximate surface area is 111 Å². The normalized spacial score (nSPS) is 13.9. The van der Waals surface area contributed by atoms with Crippen molar-refractivity contribution >= 4 is 11.8 Å². The topological polar surface area (TPSA) is 69.2 Å². The number of hydrazone groups is 1. The van der Waals surface area contributed by atoms with E-state index in [1.54, 1.807) is 13.8 Å². The molecule has 0 radical (unpaired) electrons. The zero-order valence-electron chi connectivity index (χ0n) is 10.9. The number of fused-ring (bicyclic) bond motifs is 1. The fourth-order valence-corrected chi connectivity index (χ4v) is 1.63. The maximum Gasteiger partial charge on any atom is 0.427 e. The summed E-state index contributed by atoms with van der Waals surface area (Å²) in [5, 5.41) is 3.96. The van der Waals surface area contributed by atoms with Crippen LogP contribution in [0.1, 0.15) is 19.4 Å². The molecule has 0 atom stereocenters. The highest BCUT2D eigenvalue weighted by Crippen LogP contribution is 2.30. The average Bonchev–Trinajstić information content (AvgIpc) is 2.44. The third kappa shape index (κ3) is 3.37. The minimum Gasteiger partial charge on any atom is -0.486 e. The van der Waals surface area contributed by atoms with E-state index >= 15 is 0 Å². The fraction of sp³-hybridized carbons (Fsp3) is 0.385. The molecule has 1 aromatic carbocycles. The summed E-state index contributed by atoms with van der Waals surface area (Å²) < 4.78 is 15.6. The highest BCUT2D eigenvalue weighted by molar-refractivity contribution is 5.99. The third-order valence-corrected chi connectivity index (χ3v) is 2.55. The fourth-order valence-electron chi connectivity index (χ4n) is 1.63. The molecule has 1 heterocycles. The van der Waals surface area contributed by atoms with Crippen molar-refractivity contribution in [2.45, 2.75) is 13.8 Å². The highest BCUT2D eigenvalue weighted by Gasteiger charge is 2.12. The van der Waals surface area contributed by atoms with Gasteiger partial charge in [0.1, 0.15) is 13.2 Å². The molecule has 1 aliphatic rings. The van der Waals surface area contributed by atoms with E-state index in [0.29, 0.717) is 31.3 Å². The zero-order chi connectivity index (χ0) is 13.7. The molecule has 0 aromatic heterocycles. The van der Waals surface area contributed by atoms with Crippen LogP contribution in [0.15, 0.2) is 23.3 Å². The molecule has 0 saturated carbocycles. The van der Waals surface area contributed by atoms with Gasteiger partial charge in [0.05, 0.1) is 12.3 Å². The van der Waals surface area contributed by atoms with Crippen molar-refractivity contribution in [1.82, 2.24) is 5.43 Å². The van der Waals surface area contributed by atoms with Gasteiger partial charge in [-0.25, -0.2) is 10.2 Å². The first kappa shape index (κ1) is 13.2. The molecule has 2 rings (SSSR count). The van der Waals surface area contributed by atoms with E-state index in [9.17, 15) is 4.79 Å². The van der Waals surface area contributed by atoms with Crippen LogP contribution < -0.4 is 14.9 Å². The van der Waals surface area contributed by atoms with E-state index in [0.717, 1.165) is 11.3 Å². The van der Waals surface area contributed by atoms with Crippen LogP contribution in [0.2, 0.25) is 0 Å². The van der Waals surface area contributed by atoms with Gasteiger partial charge in [-0.05, 0) is 32.0 Å². The minimum atomic E-state index is -0.570. The number of nitrogens with zero attached hydrogens (tertiary/aromatic N) is 1. The molecule has 0 unspecified atom stereocenters. The lowest BCUT2D eigenvalue weighted by molar-refractivity contribution is 0.152. The second-order valence-electron chi connectivity index (χ2n) is 3.89. The van der Waals surface area contributed by atoms with Gasteiger partial charge >= 0.3 is 6.09 Å². The summed E-state index contributed by atoms with van der Waals surface area (Å²) in [6, 6.07) is 5.52. The Morgan fingerprint density at radius 3 is 2.84 bits per heavy atom. The van der Waals surface area contributed by atoms with Gasteiger partial charge in [-0.1, -0.05) is 0 Å². The molecule has 1 amide bonds. The first-order chi connectivity index (χ1) is 9.20. The number of amides is 1. The zero-order valence-corrected chi connectivity index (χ0v) is 10.9. The van der Waals surface area contributed by atoms with Gasteiger partial charge < -0.3 is 14.2 Å². The Morgan fingerprint density at radius 1 is 1.37 bits per heavy atom. The van der Waals surface area contributed by atoms with Crippen molar-refractivity contribution in [2.75, 3.05) is 19.8 Å². The van der Waals surface area contributed by atoms with Crippen LogP contribution in [0.25, 0.3) is 0 Å². The molecule has 0 saturated heterocycles. The van der Waals surface area contributed by atoms with Crippen LogP contribution in [0.5, 0.6) is 11.5 Å². The molecule has 6 heteroatoms. The van der Waals surface area contributed by atoms with Gasteiger partial charge in [0, 0.05) is 5.56 Å². The Hall–Kier alpha value is -2.24. The highest BCUT2D eigenvalue weighted by atomic mass is 16.6. The van der Waals surface area contributed by atoms with E-state index in [2.05, 4.69) is 10.5 Å². The smallest absolute Gasteiger partial charge is 0.427 e. The number of ether oxygens (including phenoxy) is 3. The largest absolute Gasteiger partial charge is 0.486 e. The van der Waals surface area contributed by atoms with Crippen molar-refractivity contribution < 1.29 is 19.0 Å². The van der Waals surface area contributed by atoms with E-state index in [1.807, 2.05) is 18.2 Å². The van der Waals surface area contributed by atoms with E-state index in [-0.39, 0.29) is 0 Å². The number of carbonyl (C=O) groups is 1. The van der Waals surface area contributed by atoms with Gasteiger partial charge in [0.2, 0.25) is 0 Å². The minimum absolute atomic E-state index is 0.310. The maximum absolute atomic E-state index is 11.1. The second kappa shape index (κ2) is 6.08. The molecule has 1 aliphatic heterocycles. The van der Waals surface area contributed by atoms with Crippen LogP contribution in [-0.4, -0.2) is 31.6 Å². The van der Waals surface area contributed by atoms with E-state index in [4.69, 9.17) is 14.2 Å². The van der Waals surface area contributed by atoms with Gasteiger partial charge in [-0.15, -0.1) is 0 Å². The van der Waals surface area contributed by atoms with Crippen molar-refractivity contribution in [3.63, 3.8) is 0 Å². The van der Waals surface area contributed by atoms with Crippen LogP contribution in [-0.2, 0) is 4.74 Å². The van der Waals surface area contributed by atoms with Crippen LogP contribution in [0, 0.1) is 0 Å². The van der Waals surface area contributed by atoms with Gasteiger partial charge in [-0.3, -0.25) is 0 Å². The van der Waals surface area contributed by atoms with Gasteiger partial charge in [-0.2, -0.15) is 5.10 Å². The first-order valence-corrected chi connectivity index (χ1v) is 6.07. The molecule has 0 fully saturated rings.